The highest BCUT2D eigenvalue weighted by atomic mass is 16.3. The van der Waals surface area contributed by atoms with E-state index in [-0.39, 0.29) is 11.8 Å². The van der Waals surface area contributed by atoms with Crippen LogP contribution in [-0.2, 0) is 11.3 Å². The first-order chi connectivity index (χ1) is 14.6. The third kappa shape index (κ3) is 4.22. The van der Waals surface area contributed by atoms with Crippen molar-refractivity contribution in [2.75, 3.05) is 0 Å². The van der Waals surface area contributed by atoms with Gasteiger partial charge in [0, 0.05) is 11.9 Å². The van der Waals surface area contributed by atoms with Gasteiger partial charge in [0.2, 0.25) is 5.91 Å². The summed E-state index contributed by atoms with van der Waals surface area (Å²) in [5, 5.41) is 6.34. The van der Waals surface area contributed by atoms with E-state index in [1.807, 2.05) is 54.6 Å². The zero-order chi connectivity index (χ0) is 20.9. The molecule has 6 heteroatoms. The molecule has 30 heavy (non-hydrogen) atoms. The van der Waals surface area contributed by atoms with E-state index in [1.54, 1.807) is 31.4 Å². The summed E-state index contributed by atoms with van der Waals surface area (Å²) < 4.78 is 5.44. The van der Waals surface area contributed by atoms with Crippen LogP contribution in [0.2, 0.25) is 0 Å². The summed E-state index contributed by atoms with van der Waals surface area (Å²) in [6.07, 6.45) is 1.56. The van der Waals surface area contributed by atoms with Crippen LogP contribution in [0.5, 0.6) is 0 Å². The lowest BCUT2D eigenvalue weighted by molar-refractivity contribution is -0.122. The van der Waals surface area contributed by atoms with Gasteiger partial charge in [0.15, 0.2) is 5.76 Å². The summed E-state index contributed by atoms with van der Waals surface area (Å²) >= 11 is 0. The van der Waals surface area contributed by atoms with Crippen molar-refractivity contribution in [3.8, 4) is 11.5 Å². The smallest absolute Gasteiger partial charge is 0.252 e. The second-order valence-electron chi connectivity index (χ2n) is 6.95. The molecule has 6 nitrogen and oxygen atoms in total. The van der Waals surface area contributed by atoms with Crippen LogP contribution in [0.25, 0.3) is 22.4 Å². The van der Waals surface area contributed by atoms with Crippen molar-refractivity contribution in [2.24, 2.45) is 0 Å². The van der Waals surface area contributed by atoms with E-state index >= 15 is 0 Å². The minimum atomic E-state index is -0.694. The largest absolute Gasteiger partial charge is 0.463 e. The maximum atomic E-state index is 13.0. The SMILES string of the molecule is C[C@@H](NC(=O)c1cc(-c2ccco2)nc2ccccc12)C(=O)NCc1ccccc1. The summed E-state index contributed by atoms with van der Waals surface area (Å²) in [6.45, 7) is 2.07. The Morgan fingerprint density at radius 3 is 2.53 bits per heavy atom. The molecule has 0 bridgehead atoms. The average molecular weight is 399 g/mol. The predicted octanol–water partition coefficient (Wildman–Crippen LogP) is 3.93. The van der Waals surface area contributed by atoms with Crippen LogP contribution >= 0.6 is 0 Å². The summed E-state index contributed by atoms with van der Waals surface area (Å²) in [5.74, 6) is -0.0240. The van der Waals surface area contributed by atoms with Gasteiger partial charge in [0.05, 0.1) is 17.3 Å². The van der Waals surface area contributed by atoms with Crippen molar-refractivity contribution < 1.29 is 14.0 Å². The summed E-state index contributed by atoms with van der Waals surface area (Å²) in [5.41, 5.74) is 2.67. The van der Waals surface area contributed by atoms with Gasteiger partial charge in [-0.1, -0.05) is 48.5 Å². The quantitative estimate of drug-likeness (QED) is 0.515. The molecule has 2 N–H and O–H groups in total. The highest BCUT2D eigenvalue weighted by Gasteiger charge is 2.20. The van der Waals surface area contributed by atoms with Gasteiger partial charge in [-0.3, -0.25) is 9.59 Å². The van der Waals surface area contributed by atoms with Crippen LogP contribution < -0.4 is 10.6 Å². The summed E-state index contributed by atoms with van der Waals surface area (Å²) in [7, 11) is 0. The van der Waals surface area contributed by atoms with Crippen molar-refractivity contribution in [3.63, 3.8) is 0 Å². The van der Waals surface area contributed by atoms with E-state index in [2.05, 4.69) is 15.6 Å². The molecule has 0 saturated carbocycles. The first kappa shape index (κ1) is 19.4. The maximum Gasteiger partial charge on any atom is 0.252 e. The third-order valence-corrected chi connectivity index (χ3v) is 4.78. The fourth-order valence-electron chi connectivity index (χ4n) is 3.19. The Bertz CT molecular complexity index is 1170. The average Bonchev–Trinajstić information content (AvgIpc) is 3.32. The zero-order valence-corrected chi connectivity index (χ0v) is 16.5. The monoisotopic (exact) mass is 399 g/mol. The van der Waals surface area contributed by atoms with Crippen LogP contribution in [0.1, 0.15) is 22.8 Å². The number of nitrogens with one attached hydrogen (secondary N) is 2. The number of furan rings is 1. The standard InChI is InChI=1S/C24H21N3O3/c1-16(23(28)25-15-17-8-3-2-4-9-17)26-24(29)19-14-21(22-12-7-13-30-22)27-20-11-6-5-10-18(19)20/h2-14,16H,15H2,1H3,(H,25,28)(H,26,29)/t16-/m1/s1. The molecule has 0 spiro atoms. The Hall–Kier alpha value is -3.93. The predicted molar refractivity (Wildman–Crippen MR) is 115 cm³/mol. The van der Waals surface area contributed by atoms with Crippen LogP contribution in [0.4, 0.5) is 0 Å². The number of nitrogens with zero attached hydrogens (tertiary/aromatic N) is 1. The number of rotatable bonds is 6. The molecule has 0 radical (unpaired) electrons. The van der Waals surface area contributed by atoms with Gasteiger partial charge >= 0.3 is 0 Å². The van der Waals surface area contributed by atoms with Crippen LogP contribution in [0.3, 0.4) is 0 Å². The molecule has 0 saturated heterocycles. The number of hydrogen-bond acceptors (Lipinski definition) is 4. The van der Waals surface area contributed by atoms with E-state index in [9.17, 15) is 9.59 Å². The van der Waals surface area contributed by atoms with Gasteiger partial charge in [0.25, 0.3) is 5.91 Å². The Labute approximate surface area is 173 Å². The van der Waals surface area contributed by atoms with Gasteiger partial charge in [-0.05, 0) is 36.8 Å². The van der Waals surface area contributed by atoms with Gasteiger partial charge in [-0.2, -0.15) is 0 Å². The minimum absolute atomic E-state index is 0.253. The fourth-order valence-corrected chi connectivity index (χ4v) is 3.19. The lowest BCUT2D eigenvalue weighted by Gasteiger charge is -2.15. The van der Waals surface area contributed by atoms with Gasteiger partial charge < -0.3 is 15.1 Å². The number of hydrogen-bond donors (Lipinski definition) is 2. The van der Waals surface area contributed by atoms with Gasteiger partial charge in [0.1, 0.15) is 11.7 Å². The van der Waals surface area contributed by atoms with Gasteiger partial charge in [-0.15, -0.1) is 0 Å². The molecule has 4 rings (SSSR count). The number of amides is 2. The third-order valence-electron chi connectivity index (χ3n) is 4.78. The van der Waals surface area contributed by atoms with Crippen LogP contribution in [-0.4, -0.2) is 22.8 Å². The number of para-hydroxylation sites is 1. The number of carbonyl (C=O) groups is 2. The molecular weight excluding hydrogens is 378 g/mol. The van der Waals surface area contributed by atoms with E-state index < -0.39 is 6.04 Å². The molecule has 0 aliphatic heterocycles. The van der Waals surface area contributed by atoms with E-state index in [0.717, 1.165) is 5.56 Å². The molecule has 0 fully saturated rings. The maximum absolute atomic E-state index is 13.0. The normalized spacial score (nSPS) is 11.8. The highest BCUT2D eigenvalue weighted by Crippen LogP contribution is 2.25. The van der Waals surface area contributed by atoms with Crippen molar-refractivity contribution in [3.05, 3.63) is 90.2 Å². The van der Waals surface area contributed by atoms with Crippen molar-refractivity contribution >= 4 is 22.7 Å². The number of aromatic nitrogens is 1. The molecule has 150 valence electrons. The number of benzene rings is 2. The second kappa shape index (κ2) is 8.61. The zero-order valence-electron chi connectivity index (χ0n) is 16.5. The first-order valence-electron chi connectivity index (χ1n) is 9.68. The Balaban J connectivity index is 1.53. The molecule has 4 aromatic rings. The topological polar surface area (TPSA) is 84.2 Å². The molecule has 2 aromatic carbocycles. The number of fused-ring (bicyclic) bond motifs is 1. The Morgan fingerprint density at radius 2 is 1.77 bits per heavy atom. The lowest BCUT2D eigenvalue weighted by atomic mass is 10.1. The molecular formula is C24H21N3O3. The molecule has 2 aromatic heterocycles. The van der Waals surface area contributed by atoms with E-state index in [4.69, 9.17) is 4.42 Å². The Morgan fingerprint density at radius 1 is 1.00 bits per heavy atom. The molecule has 0 unspecified atom stereocenters. The summed E-state index contributed by atoms with van der Waals surface area (Å²) in [4.78, 5) is 30.1. The minimum Gasteiger partial charge on any atom is -0.463 e. The van der Waals surface area contributed by atoms with Crippen molar-refractivity contribution in [1.82, 2.24) is 15.6 Å². The lowest BCUT2D eigenvalue weighted by Crippen LogP contribution is -2.44. The molecule has 0 aliphatic carbocycles. The van der Waals surface area contributed by atoms with Crippen molar-refractivity contribution in [2.45, 2.75) is 19.5 Å². The van der Waals surface area contributed by atoms with Crippen LogP contribution in [0, 0.1) is 0 Å². The molecule has 2 heterocycles. The van der Waals surface area contributed by atoms with Crippen molar-refractivity contribution in [1.29, 1.82) is 0 Å². The number of carbonyl (C=O) groups excluding carboxylic acids is 2. The Kier molecular flexibility index (Phi) is 5.57. The highest BCUT2D eigenvalue weighted by molar-refractivity contribution is 6.08. The summed E-state index contributed by atoms with van der Waals surface area (Å²) in [6, 6.07) is 21.6. The fraction of sp³-hybridized carbons (Fsp3) is 0.125. The van der Waals surface area contributed by atoms with Crippen LogP contribution in [0.15, 0.2) is 83.5 Å². The molecule has 0 aliphatic rings. The first-order valence-corrected chi connectivity index (χ1v) is 9.68. The second-order valence-corrected chi connectivity index (χ2v) is 6.95. The molecule has 2 amide bonds. The number of pyridine rings is 1. The molecule has 1 atom stereocenters. The van der Waals surface area contributed by atoms with E-state index in [0.29, 0.717) is 34.5 Å². The van der Waals surface area contributed by atoms with E-state index in [1.165, 1.54) is 0 Å². The van der Waals surface area contributed by atoms with Gasteiger partial charge in [-0.25, -0.2) is 4.98 Å².